The van der Waals surface area contributed by atoms with Gasteiger partial charge in [0, 0.05) is 10.5 Å². The second-order valence-corrected chi connectivity index (χ2v) is 6.42. The molecule has 1 amide bonds. The third kappa shape index (κ3) is 5.74. The molecule has 2 aromatic rings. The standard InChI is InChI=1S/C19H18F2N2O2S/c1-2-16(15-5-3-4-6-17(15)25-19(20)21)23-18(24)12-26-14-9-7-13(11-22)8-10-14/h3-10,16,19H,2,12H2,1H3,(H,23,24). The lowest BCUT2D eigenvalue weighted by Gasteiger charge is -2.20. The maximum atomic E-state index is 12.6. The molecule has 0 bridgehead atoms. The molecule has 0 aromatic heterocycles. The first-order valence-electron chi connectivity index (χ1n) is 7.99. The van der Waals surface area contributed by atoms with Gasteiger partial charge < -0.3 is 10.1 Å². The highest BCUT2D eigenvalue weighted by Crippen LogP contribution is 2.28. The van der Waals surface area contributed by atoms with E-state index in [1.807, 2.05) is 13.0 Å². The Labute approximate surface area is 155 Å². The fourth-order valence-corrected chi connectivity index (χ4v) is 3.09. The molecular formula is C19H18F2N2O2S. The number of halogens is 2. The van der Waals surface area contributed by atoms with E-state index in [1.54, 1.807) is 42.5 Å². The number of hydrogen-bond acceptors (Lipinski definition) is 4. The molecule has 26 heavy (non-hydrogen) atoms. The molecule has 7 heteroatoms. The fraction of sp³-hybridized carbons (Fsp3) is 0.263. The molecule has 0 saturated carbocycles. The predicted molar refractivity (Wildman–Crippen MR) is 96.1 cm³/mol. The van der Waals surface area contributed by atoms with E-state index in [-0.39, 0.29) is 17.4 Å². The highest BCUT2D eigenvalue weighted by Gasteiger charge is 2.18. The summed E-state index contributed by atoms with van der Waals surface area (Å²) in [6, 6.07) is 15.0. The predicted octanol–water partition coefficient (Wildman–Crippen LogP) is 4.52. The lowest BCUT2D eigenvalue weighted by atomic mass is 10.0. The molecule has 4 nitrogen and oxygen atoms in total. The van der Waals surface area contributed by atoms with Crippen molar-refractivity contribution in [3.05, 3.63) is 59.7 Å². The van der Waals surface area contributed by atoms with Gasteiger partial charge in [0.15, 0.2) is 0 Å². The van der Waals surface area contributed by atoms with Gasteiger partial charge in [-0.15, -0.1) is 11.8 Å². The number of nitrogens with one attached hydrogen (secondary N) is 1. The minimum Gasteiger partial charge on any atom is -0.434 e. The number of para-hydroxylation sites is 1. The molecule has 0 fully saturated rings. The summed E-state index contributed by atoms with van der Waals surface area (Å²) in [5.74, 6) is 0.0349. The first kappa shape index (κ1) is 19.7. The largest absolute Gasteiger partial charge is 0.434 e. The first-order chi connectivity index (χ1) is 12.5. The molecule has 0 aliphatic carbocycles. The number of alkyl halides is 2. The molecule has 0 aliphatic rings. The van der Waals surface area contributed by atoms with Crippen molar-refractivity contribution in [2.75, 3.05) is 5.75 Å². The molecule has 0 heterocycles. The van der Waals surface area contributed by atoms with E-state index in [4.69, 9.17) is 5.26 Å². The summed E-state index contributed by atoms with van der Waals surface area (Å²) in [6.07, 6.45) is 0.539. The van der Waals surface area contributed by atoms with Gasteiger partial charge in [-0.3, -0.25) is 4.79 Å². The number of benzene rings is 2. The fourth-order valence-electron chi connectivity index (χ4n) is 2.38. The Morgan fingerprint density at radius 1 is 1.23 bits per heavy atom. The summed E-state index contributed by atoms with van der Waals surface area (Å²) in [5, 5.41) is 11.6. The second-order valence-electron chi connectivity index (χ2n) is 5.37. The highest BCUT2D eigenvalue weighted by atomic mass is 32.2. The summed E-state index contributed by atoms with van der Waals surface area (Å²) < 4.78 is 29.7. The molecule has 1 atom stereocenters. The second kappa shape index (κ2) is 9.78. The molecule has 0 spiro atoms. The molecule has 0 aliphatic heterocycles. The van der Waals surface area contributed by atoms with Crippen molar-refractivity contribution >= 4 is 17.7 Å². The number of amides is 1. The van der Waals surface area contributed by atoms with Crippen molar-refractivity contribution in [2.24, 2.45) is 0 Å². The van der Waals surface area contributed by atoms with Crippen molar-refractivity contribution < 1.29 is 18.3 Å². The molecule has 136 valence electrons. The Kier molecular flexibility index (Phi) is 7.42. The van der Waals surface area contributed by atoms with Gasteiger partial charge in [0.1, 0.15) is 5.75 Å². The van der Waals surface area contributed by atoms with Gasteiger partial charge in [0.25, 0.3) is 0 Å². The number of carbonyl (C=O) groups excluding carboxylic acids is 1. The molecule has 0 saturated heterocycles. The van der Waals surface area contributed by atoms with Crippen LogP contribution < -0.4 is 10.1 Å². The number of rotatable bonds is 8. The van der Waals surface area contributed by atoms with Gasteiger partial charge in [-0.2, -0.15) is 14.0 Å². The minimum absolute atomic E-state index is 0.0643. The van der Waals surface area contributed by atoms with E-state index in [0.717, 1.165) is 4.90 Å². The van der Waals surface area contributed by atoms with Crippen LogP contribution in [0, 0.1) is 11.3 Å². The van der Waals surface area contributed by atoms with E-state index in [1.165, 1.54) is 17.8 Å². The van der Waals surface area contributed by atoms with Gasteiger partial charge in [-0.25, -0.2) is 0 Å². The van der Waals surface area contributed by atoms with Crippen LogP contribution in [0.5, 0.6) is 5.75 Å². The van der Waals surface area contributed by atoms with Crippen molar-refractivity contribution in [1.82, 2.24) is 5.32 Å². The Bertz CT molecular complexity index is 776. The van der Waals surface area contributed by atoms with Crippen LogP contribution in [0.2, 0.25) is 0 Å². The zero-order chi connectivity index (χ0) is 18.9. The number of carbonyl (C=O) groups is 1. The van der Waals surface area contributed by atoms with Crippen molar-refractivity contribution in [1.29, 1.82) is 5.26 Å². The monoisotopic (exact) mass is 376 g/mol. The Morgan fingerprint density at radius 3 is 2.54 bits per heavy atom. The van der Waals surface area contributed by atoms with E-state index < -0.39 is 12.7 Å². The number of nitrogens with zero attached hydrogens (tertiary/aromatic N) is 1. The van der Waals surface area contributed by atoms with E-state index >= 15 is 0 Å². The zero-order valence-corrected chi connectivity index (χ0v) is 14.9. The summed E-state index contributed by atoms with van der Waals surface area (Å²) in [7, 11) is 0. The normalized spacial score (nSPS) is 11.7. The Balaban J connectivity index is 1.98. The summed E-state index contributed by atoms with van der Waals surface area (Å²) >= 11 is 1.34. The van der Waals surface area contributed by atoms with Crippen LogP contribution >= 0.6 is 11.8 Å². The third-order valence-electron chi connectivity index (χ3n) is 3.61. The Morgan fingerprint density at radius 2 is 1.92 bits per heavy atom. The van der Waals surface area contributed by atoms with Gasteiger partial charge in [-0.05, 0) is 36.8 Å². The van der Waals surface area contributed by atoms with Crippen LogP contribution in [0.4, 0.5) is 8.78 Å². The molecule has 2 aromatic carbocycles. The molecular weight excluding hydrogens is 358 g/mol. The van der Waals surface area contributed by atoms with Gasteiger partial charge in [-0.1, -0.05) is 25.1 Å². The maximum absolute atomic E-state index is 12.6. The van der Waals surface area contributed by atoms with E-state index in [2.05, 4.69) is 10.1 Å². The molecule has 2 rings (SSSR count). The van der Waals surface area contributed by atoms with Crippen LogP contribution in [0.1, 0.15) is 30.5 Å². The lowest BCUT2D eigenvalue weighted by Crippen LogP contribution is -2.30. The molecule has 1 N–H and O–H groups in total. The number of ether oxygens (including phenoxy) is 1. The summed E-state index contributed by atoms with van der Waals surface area (Å²) in [6.45, 7) is -1.06. The number of thioether (sulfide) groups is 1. The van der Waals surface area contributed by atoms with Crippen LogP contribution in [-0.4, -0.2) is 18.3 Å². The highest BCUT2D eigenvalue weighted by molar-refractivity contribution is 8.00. The lowest BCUT2D eigenvalue weighted by molar-refractivity contribution is -0.119. The Hall–Kier alpha value is -2.59. The van der Waals surface area contributed by atoms with E-state index in [0.29, 0.717) is 17.5 Å². The SMILES string of the molecule is CCC(NC(=O)CSc1ccc(C#N)cc1)c1ccccc1OC(F)F. The van der Waals surface area contributed by atoms with E-state index in [9.17, 15) is 13.6 Å². The quantitative estimate of drug-likeness (QED) is 0.688. The van der Waals surface area contributed by atoms with Crippen molar-refractivity contribution in [3.8, 4) is 11.8 Å². The van der Waals surface area contributed by atoms with Crippen LogP contribution in [0.25, 0.3) is 0 Å². The van der Waals surface area contributed by atoms with Gasteiger partial charge in [0.2, 0.25) is 5.91 Å². The topological polar surface area (TPSA) is 62.1 Å². The minimum atomic E-state index is -2.92. The molecule has 1 unspecified atom stereocenters. The average Bonchev–Trinajstić information content (AvgIpc) is 2.65. The van der Waals surface area contributed by atoms with Crippen LogP contribution in [0.15, 0.2) is 53.4 Å². The maximum Gasteiger partial charge on any atom is 0.387 e. The van der Waals surface area contributed by atoms with Crippen LogP contribution in [-0.2, 0) is 4.79 Å². The smallest absolute Gasteiger partial charge is 0.387 e. The third-order valence-corrected chi connectivity index (χ3v) is 4.62. The van der Waals surface area contributed by atoms with Gasteiger partial charge >= 0.3 is 6.61 Å². The van der Waals surface area contributed by atoms with Crippen molar-refractivity contribution in [2.45, 2.75) is 30.9 Å². The zero-order valence-electron chi connectivity index (χ0n) is 14.1. The number of hydrogen-bond donors (Lipinski definition) is 1. The average molecular weight is 376 g/mol. The first-order valence-corrected chi connectivity index (χ1v) is 8.98. The van der Waals surface area contributed by atoms with Crippen molar-refractivity contribution in [3.63, 3.8) is 0 Å². The van der Waals surface area contributed by atoms with Crippen LogP contribution in [0.3, 0.4) is 0 Å². The summed E-state index contributed by atoms with van der Waals surface area (Å²) in [5.41, 5.74) is 1.08. The molecule has 0 radical (unpaired) electrons. The summed E-state index contributed by atoms with van der Waals surface area (Å²) in [4.78, 5) is 13.1. The van der Waals surface area contributed by atoms with Gasteiger partial charge in [0.05, 0.1) is 23.4 Å². The number of nitriles is 1.